The van der Waals surface area contributed by atoms with Crippen molar-refractivity contribution in [1.82, 2.24) is 0 Å². The number of carbonyl (C=O) groups is 1. The van der Waals surface area contributed by atoms with Crippen LogP contribution in [0.4, 0.5) is 0 Å². The molecule has 0 amide bonds. The van der Waals surface area contributed by atoms with Gasteiger partial charge in [-0.05, 0) is 42.3 Å². The van der Waals surface area contributed by atoms with Crippen molar-refractivity contribution in [3.05, 3.63) is 70.2 Å². The third-order valence-electron chi connectivity index (χ3n) is 2.20. The molecule has 0 atom stereocenters. The second kappa shape index (κ2) is 5.47. The van der Waals surface area contributed by atoms with Crippen LogP contribution >= 0.6 is 15.9 Å². The van der Waals surface area contributed by atoms with E-state index in [4.69, 9.17) is 0 Å². The molecule has 0 fully saturated rings. The van der Waals surface area contributed by atoms with Crippen molar-refractivity contribution in [3.63, 3.8) is 0 Å². The van der Waals surface area contributed by atoms with Gasteiger partial charge in [-0.25, -0.2) is 0 Å². The number of hydrogen-bond donors (Lipinski definition) is 0. The van der Waals surface area contributed by atoms with Crippen LogP contribution in [-0.2, 0) is 0 Å². The first-order valence-corrected chi connectivity index (χ1v) is 5.92. The molecule has 0 saturated carbocycles. The van der Waals surface area contributed by atoms with Crippen LogP contribution in [0.15, 0.2) is 59.1 Å². The van der Waals surface area contributed by atoms with E-state index in [1.807, 2.05) is 42.5 Å². The summed E-state index contributed by atoms with van der Waals surface area (Å²) in [5.41, 5.74) is 1.45. The van der Waals surface area contributed by atoms with E-state index in [2.05, 4.69) is 27.8 Å². The van der Waals surface area contributed by atoms with Gasteiger partial charge in [0.05, 0.1) is 0 Å². The SMILES string of the molecule is O=C(C#Cc1ccccc1)c1ccc(Br)cc1. The minimum absolute atomic E-state index is 0.165. The fraction of sp³-hybridized carbons (Fsp3) is 0. The lowest BCUT2D eigenvalue weighted by Gasteiger charge is -1.93. The molecule has 0 aliphatic rings. The van der Waals surface area contributed by atoms with Crippen LogP contribution in [0.1, 0.15) is 15.9 Å². The highest BCUT2D eigenvalue weighted by Gasteiger charge is 2.00. The standard InChI is InChI=1S/C15H9BrO/c16-14-9-7-13(8-10-14)15(17)11-6-12-4-2-1-3-5-12/h1-5,7-10H. The predicted octanol–water partition coefficient (Wildman–Crippen LogP) is 3.68. The third-order valence-corrected chi connectivity index (χ3v) is 2.73. The number of carbonyl (C=O) groups excluding carboxylic acids is 1. The molecule has 0 radical (unpaired) electrons. The maximum atomic E-state index is 11.7. The van der Waals surface area contributed by atoms with Gasteiger partial charge >= 0.3 is 0 Å². The zero-order valence-corrected chi connectivity index (χ0v) is 10.6. The van der Waals surface area contributed by atoms with Crippen molar-refractivity contribution in [2.75, 3.05) is 0 Å². The van der Waals surface area contributed by atoms with Gasteiger partial charge in [-0.2, -0.15) is 0 Å². The van der Waals surface area contributed by atoms with Gasteiger partial charge in [0.2, 0.25) is 5.78 Å². The molecular formula is C15H9BrO. The van der Waals surface area contributed by atoms with Gasteiger partial charge in [0.25, 0.3) is 0 Å². The first-order valence-electron chi connectivity index (χ1n) is 5.13. The summed E-state index contributed by atoms with van der Waals surface area (Å²) >= 11 is 3.32. The molecule has 0 aliphatic heterocycles. The minimum atomic E-state index is -0.165. The highest BCUT2D eigenvalue weighted by molar-refractivity contribution is 9.10. The molecule has 2 aromatic rings. The van der Waals surface area contributed by atoms with E-state index < -0.39 is 0 Å². The number of Topliss-reactive ketones (excluding diaryl/α,β-unsaturated/α-hetero) is 1. The van der Waals surface area contributed by atoms with Gasteiger partial charge in [-0.1, -0.05) is 40.0 Å². The molecule has 1 nitrogen and oxygen atoms in total. The zero-order chi connectivity index (χ0) is 12.1. The summed E-state index contributed by atoms with van der Waals surface area (Å²) in [7, 11) is 0. The van der Waals surface area contributed by atoms with Crippen molar-refractivity contribution in [1.29, 1.82) is 0 Å². The molecule has 0 heterocycles. The van der Waals surface area contributed by atoms with Crippen LogP contribution in [-0.4, -0.2) is 5.78 Å². The average molecular weight is 285 g/mol. The minimum Gasteiger partial charge on any atom is -0.279 e. The zero-order valence-electron chi connectivity index (χ0n) is 8.98. The Labute approximate surface area is 109 Å². The molecule has 0 bridgehead atoms. The average Bonchev–Trinajstić information content (AvgIpc) is 2.38. The molecule has 0 aliphatic carbocycles. The second-order valence-electron chi connectivity index (χ2n) is 3.45. The Morgan fingerprint density at radius 2 is 1.59 bits per heavy atom. The van der Waals surface area contributed by atoms with Gasteiger partial charge in [0.1, 0.15) is 0 Å². The van der Waals surface area contributed by atoms with E-state index in [9.17, 15) is 4.79 Å². The highest BCUT2D eigenvalue weighted by Crippen LogP contribution is 2.10. The molecule has 2 rings (SSSR count). The van der Waals surface area contributed by atoms with Crippen molar-refractivity contribution < 1.29 is 4.79 Å². The molecule has 0 unspecified atom stereocenters. The van der Waals surface area contributed by atoms with E-state index in [1.165, 1.54) is 0 Å². The Bertz CT molecular complexity index is 574. The first-order chi connectivity index (χ1) is 8.25. The highest BCUT2D eigenvalue weighted by atomic mass is 79.9. The van der Waals surface area contributed by atoms with Crippen LogP contribution in [0.3, 0.4) is 0 Å². The van der Waals surface area contributed by atoms with Crippen LogP contribution < -0.4 is 0 Å². The summed E-state index contributed by atoms with van der Waals surface area (Å²) in [5, 5.41) is 0. The van der Waals surface area contributed by atoms with Crippen molar-refractivity contribution in [2.45, 2.75) is 0 Å². The van der Waals surface area contributed by atoms with E-state index in [1.54, 1.807) is 12.1 Å². The van der Waals surface area contributed by atoms with Gasteiger partial charge in [-0.3, -0.25) is 4.79 Å². The summed E-state index contributed by atoms with van der Waals surface area (Å²) in [6.45, 7) is 0. The second-order valence-corrected chi connectivity index (χ2v) is 4.37. The van der Waals surface area contributed by atoms with Crippen LogP contribution in [0.2, 0.25) is 0 Å². The van der Waals surface area contributed by atoms with Gasteiger partial charge in [-0.15, -0.1) is 0 Å². The number of hydrogen-bond acceptors (Lipinski definition) is 1. The van der Waals surface area contributed by atoms with Crippen LogP contribution in [0, 0.1) is 11.8 Å². The molecule has 0 aromatic heterocycles. The van der Waals surface area contributed by atoms with E-state index in [0.29, 0.717) is 5.56 Å². The maximum absolute atomic E-state index is 11.7. The molecule has 2 aromatic carbocycles. The van der Waals surface area contributed by atoms with E-state index >= 15 is 0 Å². The Hall–Kier alpha value is -1.85. The molecule has 82 valence electrons. The lowest BCUT2D eigenvalue weighted by molar-refractivity contribution is 0.105. The molecular weight excluding hydrogens is 276 g/mol. The summed E-state index contributed by atoms with van der Waals surface area (Å²) in [6.07, 6.45) is 0. The fourth-order valence-electron chi connectivity index (χ4n) is 1.32. The van der Waals surface area contributed by atoms with Gasteiger partial charge in [0.15, 0.2) is 0 Å². The van der Waals surface area contributed by atoms with Crippen molar-refractivity contribution in [3.8, 4) is 11.8 Å². The summed E-state index contributed by atoms with van der Waals surface area (Å²) in [6, 6.07) is 16.6. The number of halogens is 1. The predicted molar refractivity (Wildman–Crippen MR) is 71.8 cm³/mol. The Morgan fingerprint density at radius 1 is 0.941 bits per heavy atom. The van der Waals surface area contributed by atoms with Crippen LogP contribution in [0.25, 0.3) is 0 Å². The summed E-state index contributed by atoms with van der Waals surface area (Å²) < 4.78 is 0.949. The Morgan fingerprint density at radius 3 is 2.24 bits per heavy atom. The van der Waals surface area contributed by atoms with Crippen molar-refractivity contribution in [2.24, 2.45) is 0 Å². The fourth-order valence-corrected chi connectivity index (χ4v) is 1.59. The number of benzene rings is 2. The number of ketones is 1. The summed E-state index contributed by atoms with van der Waals surface area (Å²) in [4.78, 5) is 11.7. The molecule has 0 saturated heterocycles. The monoisotopic (exact) mass is 284 g/mol. The van der Waals surface area contributed by atoms with Gasteiger partial charge < -0.3 is 0 Å². The third kappa shape index (κ3) is 3.30. The topological polar surface area (TPSA) is 17.1 Å². The first kappa shape index (κ1) is 11.6. The quantitative estimate of drug-likeness (QED) is 0.577. The van der Waals surface area contributed by atoms with E-state index in [-0.39, 0.29) is 5.78 Å². The van der Waals surface area contributed by atoms with E-state index in [0.717, 1.165) is 10.0 Å². The molecule has 17 heavy (non-hydrogen) atoms. The normalized spacial score (nSPS) is 9.24. The van der Waals surface area contributed by atoms with Crippen LogP contribution in [0.5, 0.6) is 0 Å². The summed E-state index contributed by atoms with van der Waals surface area (Å²) in [5.74, 6) is 5.31. The number of rotatable bonds is 1. The Kier molecular flexibility index (Phi) is 3.74. The van der Waals surface area contributed by atoms with Crippen molar-refractivity contribution >= 4 is 21.7 Å². The largest absolute Gasteiger partial charge is 0.279 e. The van der Waals surface area contributed by atoms with Gasteiger partial charge in [0, 0.05) is 15.6 Å². The lowest BCUT2D eigenvalue weighted by Crippen LogP contribution is -1.94. The smallest absolute Gasteiger partial charge is 0.236 e. The molecule has 0 spiro atoms. The maximum Gasteiger partial charge on any atom is 0.236 e. The molecule has 2 heteroatoms. The lowest BCUT2D eigenvalue weighted by atomic mass is 10.1. The Balaban J connectivity index is 2.18. The molecule has 0 N–H and O–H groups in total.